The molecule has 0 bridgehead atoms. The first-order valence-electron chi connectivity index (χ1n) is 10.7. The van der Waals surface area contributed by atoms with E-state index in [-0.39, 0.29) is 11.6 Å². The molecule has 0 saturated heterocycles. The zero-order valence-electron chi connectivity index (χ0n) is 18.8. The molecule has 0 saturated carbocycles. The molecule has 0 aliphatic rings. The van der Waals surface area contributed by atoms with Gasteiger partial charge in [0.15, 0.2) is 14.5 Å². The van der Waals surface area contributed by atoms with Gasteiger partial charge in [-0.3, -0.25) is 4.79 Å². The Balaban J connectivity index is 1.31. The SMILES string of the molecule is Cc1cc(C(=O)CSc2nnc(SCc3ccc(Cl)cc3)s2)c(C)n1CCc1ccc(F)cc1. The Kier molecular flexibility index (Phi) is 8.47. The lowest BCUT2D eigenvalue weighted by Crippen LogP contribution is -2.08. The molecule has 0 unspecified atom stereocenters. The molecule has 0 amide bonds. The second-order valence-electron chi connectivity index (χ2n) is 7.77. The van der Waals surface area contributed by atoms with Crippen LogP contribution in [-0.2, 0) is 18.7 Å². The Hall–Kier alpha value is -2.13. The van der Waals surface area contributed by atoms with Gasteiger partial charge in [-0.2, -0.15) is 0 Å². The fraction of sp³-hybridized carbons (Fsp3) is 0.240. The van der Waals surface area contributed by atoms with Crippen molar-refractivity contribution >= 4 is 52.2 Å². The van der Waals surface area contributed by atoms with Crippen molar-refractivity contribution in [3.63, 3.8) is 0 Å². The lowest BCUT2D eigenvalue weighted by Gasteiger charge is -2.10. The van der Waals surface area contributed by atoms with Crippen molar-refractivity contribution in [1.82, 2.24) is 14.8 Å². The largest absolute Gasteiger partial charge is 0.348 e. The first-order chi connectivity index (χ1) is 16.4. The Labute approximate surface area is 216 Å². The first-order valence-corrected chi connectivity index (χ1v) is 13.8. The zero-order valence-corrected chi connectivity index (χ0v) is 22.0. The standard InChI is InChI=1S/C25H23ClFN3OS3/c1-16-13-22(17(2)30(16)12-11-18-5-9-21(27)10-6-18)23(31)15-33-25-29-28-24(34-25)32-14-19-3-7-20(26)8-4-19/h3-10,13H,11-12,14-15H2,1-2H3. The summed E-state index contributed by atoms with van der Waals surface area (Å²) in [6.07, 6.45) is 0.778. The van der Waals surface area contributed by atoms with Crippen LogP contribution in [0.15, 0.2) is 63.3 Å². The van der Waals surface area contributed by atoms with Crippen LogP contribution in [0.4, 0.5) is 4.39 Å². The van der Waals surface area contributed by atoms with Gasteiger partial charge in [0.25, 0.3) is 0 Å². The molecule has 0 N–H and O–H groups in total. The van der Waals surface area contributed by atoms with Crippen molar-refractivity contribution < 1.29 is 9.18 Å². The highest BCUT2D eigenvalue weighted by molar-refractivity contribution is 8.03. The van der Waals surface area contributed by atoms with Crippen LogP contribution in [0.25, 0.3) is 0 Å². The van der Waals surface area contributed by atoms with Gasteiger partial charge in [-0.15, -0.1) is 10.2 Å². The monoisotopic (exact) mass is 531 g/mol. The van der Waals surface area contributed by atoms with E-state index < -0.39 is 0 Å². The lowest BCUT2D eigenvalue weighted by molar-refractivity contribution is 0.102. The number of aromatic nitrogens is 3. The van der Waals surface area contributed by atoms with Gasteiger partial charge in [-0.1, -0.05) is 70.7 Å². The normalized spacial score (nSPS) is 11.2. The molecule has 4 nitrogen and oxygen atoms in total. The van der Waals surface area contributed by atoms with Crippen LogP contribution in [-0.4, -0.2) is 26.3 Å². The number of hydrogen-bond donors (Lipinski definition) is 0. The van der Waals surface area contributed by atoms with Gasteiger partial charge in [-0.25, -0.2) is 4.39 Å². The van der Waals surface area contributed by atoms with Crippen molar-refractivity contribution in [3.8, 4) is 0 Å². The molecular weight excluding hydrogens is 509 g/mol. The van der Waals surface area contributed by atoms with E-state index in [1.807, 2.05) is 44.2 Å². The summed E-state index contributed by atoms with van der Waals surface area (Å²) < 4.78 is 16.9. The predicted molar refractivity (Wildman–Crippen MR) is 140 cm³/mol. The van der Waals surface area contributed by atoms with E-state index in [1.165, 1.54) is 40.8 Å². The number of benzene rings is 2. The summed E-state index contributed by atoms with van der Waals surface area (Å²) in [5, 5.41) is 9.19. The summed E-state index contributed by atoms with van der Waals surface area (Å²) in [6, 6.07) is 16.3. The van der Waals surface area contributed by atoms with Gasteiger partial charge in [0.05, 0.1) is 5.75 Å². The smallest absolute Gasteiger partial charge is 0.175 e. The number of aryl methyl sites for hydroxylation is 2. The molecule has 0 radical (unpaired) electrons. The maximum absolute atomic E-state index is 13.1. The molecule has 2 aromatic heterocycles. The minimum Gasteiger partial charge on any atom is -0.348 e. The van der Waals surface area contributed by atoms with E-state index in [0.29, 0.717) is 5.75 Å². The summed E-state index contributed by atoms with van der Waals surface area (Å²) in [5.41, 5.74) is 4.99. The summed E-state index contributed by atoms with van der Waals surface area (Å²) >= 11 is 10.5. The fourth-order valence-electron chi connectivity index (χ4n) is 3.56. The van der Waals surface area contributed by atoms with Crippen LogP contribution >= 0.6 is 46.5 Å². The Morgan fingerprint density at radius 3 is 2.35 bits per heavy atom. The number of Topliss-reactive ketones (excluding diaryl/α,β-unsaturated/α-hetero) is 1. The number of carbonyl (C=O) groups is 1. The van der Waals surface area contributed by atoms with Crippen LogP contribution in [0.2, 0.25) is 5.02 Å². The molecule has 176 valence electrons. The quantitative estimate of drug-likeness (QED) is 0.159. The zero-order chi connectivity index (χ0) is 24.1. The van der Waals surface area contributed by atoms with Crippen LogP contribution < -0.4 is 0 Å². The van der Waals surface area contributed by atoms with Gasteiger partial charge in [-0.05, 0) is 61.7 Å². The molecule has 0 aliphatic heterocycles. The summed E-state index contributed by atoms with van der Waals surface area (Å²) in [7, 11) is 0. The molecule has 0 spiro atoms. The molecule has 34 heavy (non-hydrogen) atoms. The van der Waals surface area contributed by atoms with Crippen LogP contribution in [0, 0.1) is 19.7 Å². The third-order valence-electron chi connectivity index (χ3n) is 5.40. The minimum absolute atomic E-state index is 0.0803. The highest BCUT2D eigenvalue weighted by atomic mass is 35.5. The van der Waals surface area contributed by atoms with Crippen LogP contribution in [0.3, 0.4) is 0 Å². The van der Waals surface area contributed by atoms with E-state index in [1.54, 1.807) is 23.9 Å². The molecule has 4 aromatic rings. The lowest BCUT2D eigenvalue weighted by atomic mass is 10.1. The number of rotatable bonds is 10. The number of halogens is 2. The molecule has 0 fully saturated rings. The van der Waals surface area contributed by atoms with Crippen LogP contribution in [0.5, 0.6) is 0 Å². The van der Waals surface area contributed by atoms with Crippen LogP contribution in [0.1, 0.15) is 32.9 Å². The fourth-order valence-corrected chi connectivity index (χ4v) is 6.55. The maximum atomic E-state index is 13.1. The van der Waals surface area contributed by atoms with E-state index >= 15 is 0 Å². The maximum Gasteiger partial charge on any atom is 0.175 e. The van der Waals surface area contributed by atoms with Crippen molar-refractivity contribution in [2.24, 2.45) is 0 Å². The van der Waals surface area contributed by atoms with E-state index in [2.05, 4.69) is 14.8 Å². The highest BCUT2D eigenvalue weighted by Gasteiger charge is 2.17. The van der Waals surface area contributed by atoms with Gasteiger partial charge in [0.1, 0.15) is 5.82 Å². The molecule has 2 aromatic carbocycles. The highest BCUT2D eigenvalue weighted by Crippen LogP contribution is 2.31. The average Bonchev–Trinajstić information content (AvgIpc) is 3.40. The number of hydrogen-bond acceptors (Lipinski definition) is 6. The second kappa shape index (κ2) is 11.5. The van der Waals surface area contributed by atoms with E-state index in [9.17, 15) is 9.18 Å². The van der Waals surface area contributed by atoms with E-state index in [0.717, 1.165) is 54.9 Å². The molecular formula is C25H23ClFN3OS3. The predicted octanol–water partition coefficient (Wildman–Crippen LogP) is 7.26. The third kappa shape index (κ3) is 6.50. The summed E-state index contributed by atoms with van der Waals surface area (Å²) in [6.45, 7) is 4.73. The Bertz CT molecular complexity index is 1270. The number of carbonyl (C=O) groups excluding carboxylic acids is 1. The molecule has 9 heteroatoms. The summed E-state index contributed by atoms with van der Waals surface area (Å²) in [4.78, 5) is 12.9. The van der Waals surface area contributed by atoms with Gasteiger partial charge < -0.3 is 4.57 Å². The van der Waals surface area contributed by atoms with Crippen molar-refractivity contribution in [2.45, 2.75) is 41.2 Å². The second-order valence-corrected chi connectivity index (χ2v) is 11.6. The first kappa shape index (κ1) is 25.0. The van der Waals surface area contributed by atoms with Gasteiger partial charge in [0.2, 0.25) is 0 Å². The Morgan fingerprint density at radius 2 is 1.65 bits per heavy atom. The van der Waals surface area contributed by atoms with Crippen molar-refractivity contribution in [1.29, 1.82) is 0 Å². The molecule has 4 rings (SSSR count). The topological polar surface area (TPSA) is 47.8 Å². The van der Waals surface area contributed by atoms with Gasteiger partial charge >= 0.3 is 0 Å². The summed E-state index contributed by atoms with van der Waals surface area (Å²) in [5.74, 6) is 0.958. The van der Waals surface area contributed by atoms with Crippen molar-refractivity contribution in [3.05, 3.63) is 93.5 Å². The molecule has 0 aliphatic carbocycles. The molecule has 0 atom stereocenters. The van der Waals surface area contributed by atoms with E-state index in [4.69, 9.17) is 11.6 Å². The number of thioether (sulfide) groups is 2. The van der Waals surface area contributed by atoms with Gasteiger partial charge in [0, 0.05) is 34.3 Å². The minimum atomic E-state index is -0.231. The number of ketones is 1. The Morgan fingerprint density at radius 1 is 1.00 bits per heavy atom. The van der Waals surface area contributed by atoms with Crippen molar-refractivity contribution in [2.75, 3.05) is 5.75 Å². The third-order valence-corrected chi connectivity index (χ3v) is 8.91. The number of nitrogens with zero attached hydrogens (tertiary/aromatic N) is 3. The molecule has 2 heterocycles. The average molecular weight is 532 g/mol.